The second-order valence-electron chi connectivity index (χ2n) is 6.69. The molecule has 0 radical (unpaired) electrons. The zero-order valence-corrected chi connectivity index (χ0v) is 15.4. The lowest BCUT2D eigenvalue weighted by Gasteiger charge is -2.48. The monoisotopic (exact) mass is 348 g/mol. The van der Waals surface area contributed by atoms with Gasteiger partial charge < -0.3 is 19.1 Å². The second-order valence-corrected chi connectivity index (χ2v) is 6.69. The van der Waals surface area contributed by atoms with E-state index in [1.165, 1.54) is 0 Å². The van der Waals surface area contributed by atoms with Gasteiger partial charge in [-0.2, -0.15) is 0 Å². The number of fused-ring (bicyclic) bond motifs is 1. The van der Waals surface area contributed by atoms with E-state index in [2.05, 4.69) is 11.8 Å². The molecule has 1 aromatic carbocycles. The summed E-state index contributed by atoms with van der Waals surface area (Å²) in [6.07, 6.45) is 2.31. The molecule has 138 valence electrons. The molecule has 0 aliphatic carbocycles. The number of nitrogens with zero attached hydrogens (tertiary/aromatic N) is 2. The highest BCUT2D eigenvalue weighted by Crippen LogP contribution is 2.29. The Hall–Kier alpha value is -1.79. The molecule has 0 spiro atoms. The molecule has 2 unspecified atom stereocenters. The fraction of sp³-hybridized carbons (Fsp3) is 0.632. The number of carbonyl (C=O) groups excluding carboxylic acids is 1. The predicted molar refractivity (Wildman–Crippen MR) is 95.5 cm³/mol. The van der Waals surface area contributed by atoms with Crippen molar-refractivity contribution in [3.63, 3.8) is 0 Å². The van der Waals surface area contributed by atoms with Crippen molar-refractivity contribution >= 4 is 5.91 Å². The summed E-state index contributed by atoms with van der Waals surface area (Å²) in [5.74, 6) is 1.25. The van der Waals surface area contributed by atoms with Crippen molar-refractivity contribution in [2.24, 2.45) is 0 Å². The highest BCUT2D eigenvalue weighted by Gasteiger charge is 2.36. The summed E-state index contributed by atoms with van der Waals surface area (Å²) in [7, 11) is 3.17. The Morgan fingerprint density at radius 2 is 2.00 bits per heavy atom. The Morgan fingerprint density at radius 1 is 1.20 bits per heavy atom. The Balaban J connectivity index is 1.70. The van der Waals surface area contributed by atoms with Gasteiger partial charge in [-0.25, -0.2) is 0 Å². The number of hydrogen-bond donors (Lipinski definition) is 0. The predicted octanol–water partition coefficient (Wildman–Crippen LogP) is 2.03. The largest absolute Gasteiger partial charge is 0.493 e. The fourth-order valence-electron chi connectivity index (χ4n) is 3.85. The molecule has 3 rings (SSSR count). The molecule has 2 heterocycles. The Kier molecular flexibility index (Phi) is 5.81. The molecule has 6 nitrogen and oxygen atoms in total. The summed E-state index contributed by atoms with van der Waals surface area (Å²) in [6.45, 7) is 6.11. The molecule has 6 heteroatoms. The molecule has 2 saturated heterocycles. The van der Waals surface area contributed by atoms with Crippen LogP contribution < -0.4 is 9.47 Å². The number of benzene rings is 1. The van der Waals surface area contributed by atoms with Crippen LogP contribution in [0.25, 0.3) is 0 Å². The van der Waals surface area contributed by atoms with Crippen LogP contribution in [0.2, 0.25) is 0 Å². The van der Waals surface area contributed by atoms with E-state index in [4.69, 9.17) is 14.2 Å². The molecule has 2 atom stereocenters. The zero-order valence-electron chi connectivity index (χ0n) is 15.4. The molecule has 2 aliphatic heterocycles. The average molecular weight is 348 g/mol. The van der Waals surface area contributed by atoms with Crippen LogP contribution in [-0.2, 0) is 4.74 Å². The summed E-state index contributed by atoms with van der Waals surface area (Å²) in [5, 5.41) is 0. The van der Waals surface area contributed by atoms with E-state index in [9.17, 15) is 4.79 Å². The van der Waals surface area contributed by atoms with E-state index in [0.717, 1.165) is 32.5 Å². The first kappa shape index (κ1) is 18.0. The van der Waals surface area contributed by atoms with Crippen LogP contribution in [0.4, 0.5) is 0 Å². The number of carbonyl (C=O) groups is 1. The third kappa shape index (κ3) is 3.75. The first-order valence-corrected chi connectivity index (χ1v) is 9.02. The van der Waals surface area contributed by atoms with Gasteiger partial charge in [0.2, 0.25) is 0 Å². The van der Waals surface area contributed by atoms with Gasteiger partial charge >= 0.3 is 0 Å². The van der Waals surface area contributed by atoms with Crippen molar-refractivity contribution in [1.82, 2.24) is 9.80 Å². The average Bonchev–Trinajstić information content (AvgIpc) is 2.66. The van der Waals surface area contributed by atoms with Gasteiger partial charge in [-0.3, -0.25) is 9.69 Å². The lowest BCUT2D eigenvalue weighted by molar-refractivity contribution is -0.0776. The number of rotatable bonds is 5. The summed E-state index contributed by atoms with van der Waals surface area (Å²) in [4.78, 5) is 17.4. The molecule has 1 aromatic rings. The van der Waals surface area contributed by atoms with Crippen molar-refractivity contribution in [2.45, 2.75) is 31.8 Å². The highest BCUT2D eigenvalue weighted by atomic mass is 16.5. The number of piperazine rings is 1. The van der Waals surface area contributed by atoms with Gasteiger partial charge in [0.15, 0.2) is 11.5 Å². The fourth-order valence-corrected chi connectivity index (χ4v) is 3.85. The van der Waals surface area contributed by atoms with E-state index >= 15 is 0 Å². The summed E-state index contributed by atoms with van der Waals surface area (Å²) < 4.78 is 16.4. The van der Waals surface area contributed by atoms with Gasteiger partial charge in [-0.05, 0) is 24.6 Å². The SMILES string of the molecule is CCCC1COCC2CN(C(=O)c3ccc(OC)c(OC)c3)CCN12. The van der Waals surface area contributed by atoms with Crippen molar-refractivity contribution in [3.05, 3.63) is 23.8 Å². The van der Waals surface area contributed by atoms with Gasteiger partial charge in [0, 0.05) is 31.2 Å². The van der Waals surface area contributed by atoms with Crippen LogP contribution in [0.1, 0.15) is 30.1 Å². The lowest BCUT2D eigenvalue weighted by Crippen LogP contribution is -2.62. The van der Waals surface area contributed by atoms with E-state index < -0.39 is 0 Å². The van der Waals surface area contributed by atoms with Crippen molar-refractivity contribution in [2.75, 3.05) is 47.1 Å². The van der Waals surface area contributed by atoms with Gasteiger partial charge in [-0.15, -0.1) is 0 Å². The standard InChI is InChI=1S/C19H28N2O4/c1-4-5-15-12-25-13-16-11-20(8-9-21(15)16)19(22)14-6-7-17(23-2)18(10-14)24-3/h6-7,10,15-16H,4-5,8-9,11-13H2,1-3H3. The number of morpholine rings is 1. The maximum absolute atomic E-state index is 12.9. The van der Waals surface area contributed by atoms with Crippen LogP contribution in [0.3, 0.4) is 0 Å². The minimum atomic E-state index is 0.0400. The maximum atomic E-state index is 12.9. The van der Waals surface area contributed by atoms with Gasteiger partial charge in [0.1, 0.15) is 0 Å². The molecule has 25 heavy (non-hydrogen) atoms. The Labute approximate surface area is 149 Å². The quantitative estimate of drug-likeness (QED) is 0.815. The normalized spacial score (nSPS) is 23.9. The molecule has 1 amide bonds. The van der Waals surface area contributed by atoms with Gasteiger partial charge in [0.05, 0.1) is 33.5 Å². The first-order chi connectivity index (χ1) is 12.2. The zero-order chi connectivity index (χ0) is 17.8. The number of amides is 1. The van der Waals surface area contributed by atoms with Crippen molar-refractivity contribution in [3.8, 4) is 11.5 Å². The smallest absolute Gasteiger partial charge is 0.254 e. The molecule has 2 fully saturated rings. The first-order valence-electron chi connectivity index (χ1n) is 9.02. The molecule has 0 saturated carbocycles. The number of ether oxygens (including phenoxy) is 3. The maximum Gasteiger partial charge on any atom is 0.254 e. The number of hydrogen-bond acceptors (Lipinski definition) is 5. The second kappa shape index (κ2) is 8.06. The minimum absolute atomic E-state index is 0.0400. The van der Waals surface area contributed by atoms with E-state index in [-0.39, 0.29) is 5.91 Å². The van der Waals surface area contributed by atoms with E-state index in [1.54, 1.807) is 32.4 Å². The summed E-state index contributed by atoms with van der Waals surface area (Å²) >= 11 is 0. The van der Waals surface area contributed by atoms with Crippen molar-refractivity contribution < 1.29 is 19.0 Å². The topological polar surface area (TPSA) is 51.2 Å². The van der Waals surface area contributed by atoms with Crippen LogP contribution in [0.15, 0.2) is 18.2 Å². The van der Waals surface area contributed by atoms with Gasteiger partial charge in [-0.1, -0.05) is 13.3 Å². The lowest BCUT2D eigenvalue weighted by atomic mass is 10.0. The van der Waals surface area contributed by atoms with E-state index in [0.29, 0.717) is 42.3 Å². The van der Waals surface area contributed by atoms with E-state index in [1.807, 2.05) is 4.90 Å². The number of methoxy groups -OCH3 is 2. The van der Waals surface area contributed by atoms with Crippen LogP contribution in [0.5, 0.6) is 11.5 Å². The third-order valence-corrected chi connectivity index (χ3v) is 5.16. The Bertz CT molecular complexity index is 605. The molecule has 0 N–H and O–H groups in total. The van der Waals surface area contributed by atoms with Crippen LogP contribution in [0, 0.1) is 0 Å². The highest BCUT2D eigenvalue weighted by molar-refractivity contribution is 5.95. The van der Waals surface area contributed by atoms with Crippen LogP contribution >= 0.6 is 0 Å². The van der Waals surface area contributed by atoms with Crippen molar-refractivity contribution in [1.29, 1.82) is 0 Å². The molecule has 0 bridgehead atoms. The van der Waals surface area contributed by atoms with Crippen LogP contribution in [-0.4, -0.2) is 74.9 Å². The minimum Gasteiger partial charge on any atom is -0.493 e. The molecule has 0 aromatic heterocycles. The van der Waals surface area contributed by atoms with Gasteiger partial charge in [0.25, 0.3) is 5.91 Å². The summed E-state index contributed by atoms with van der Waals surface area (Å²) in [5.41, 5.74) is 0.632. The Morgan fingerprint density at radius 3 is 2.72 bits per heavy atom. The third-order valence-electron chi connectivity index (χ3n) is 5.16. The molecular formula is C19H28N2O4. The summed E-state index contributed by atoms with van der Waals surface area (Å²) in [6, 6.07) is 6.12. The molecular weight excluding hydrogens is 320 g/mol. The molecule has 2 aliphatic rings.